The van der Waals surface area contributed by atoms with Crippen molar-refractivity contribution in [2.24, 2.45) is 0 Å². The molecule has 0 fully saturated rings. The zero-order valence-corrected chi connectivity index (χ0v) is 13.1. The molecule has 0 aliphatic rings. The first-order valence-electron chi connectivity index (χ1n) is 7.42. The van der Waals surface area contributed by atoms with Gasteiger partial charge in [0.05, 0.1) is 6.42 Å². The molecule has 0 unspecified atom stereocenters. The lowest BCUT2D eigenvalue weighted by Gasteiger charge is -2.09. The van der Waals surface area contributed by atoms with Gasteiger partial charge in [-0.1, -0.05) is 42.5 Å². The van der Waals surface area contributed by atoms with Gasteiger partial charge < -0.3 is 9.47 Å². The third kappa shape index (κ3) is 6.66. The maximum absolute atomic E-state index is 12.0. The van der Waals surface area contributed by atoms with E-state index in [1.165, 1.54) is 12.1 Å². The van der Waals surface area contributed by atoms with Crippen LogP contribution in [-0.2, 0) is 16.1 Å². The minimum absolute atomic E-state index is 0.0290. The smallest absolute Gasteiger partial charge is 0.461 e. The van der Waals surface area contributed by atoms with Gasteiger partial charge in [-0.15, -0.1) is 13.2 Å². The average molecular weight is 352 g/mol. The highest BCUT2D eigenvalue weighted by atomic mass is 19.4. The predicted octanol–water partition coefficient (Wildman–Crippen LogP) is 4.29. The molecule has 0 radical (unpaired) electrons. The number of hydrogen-bond acceptors (Lipinski definition) is 4. The lowest BCUT2D eigenvalue weighted by Crippen LogP contribution is -2.17. The fourth-order valence-electron chi connectivity index (χ4n) is 2.01. The van der Waals surface area contributed by atoms with Gasteiger partial charge in [0.15, 0.2) is 5.78 Å². The Kier molecular flexibility index (Phi) is 6.16. The molecule has 2 aromatic carbocycles. The van der Waals surface area contributed by atoms with Crippen molar-refractivity contribution in [2.75, 3.05) is 0 Å². The summed E-state index contributed by atoms with van der Waals surface area (Å²) in [6.45, 7) is -0.0926. The van der Waals surface area contributed by atoms with Gasteiger partial charge in [0.1, 0.15) is 12.4 Å². The van der Waals surface area contributed by atoms with Crippen LogP contribution >= 0.6 is 0 Å². The van der Waals surface area contributed by atoms with Crippen LogP contribution in [0.25, 0.3) is 0 Å². The van der Waals surface area contributed by atoms with E-state index >= 15 is 0 Å². The molecule has 0 saturated heterocycles. The second kappa shape index (κ2) is 8.32. The van der Waals surface area contributed by atoms with E-state index in [2.05, 4.69) is 4.74 Å². The number of rotatable bonds is 7. The Morgan fingerprint density at radius 2 is 1.52 bits per heavy atom. The van der Waals surface area contributed by atoms with Gasteiger partial charge in [0, 0.05) is 12.0 Å². The molecule has 0 N–H and O–H groups in total. The van der Waals surface area contributed by atoms with E-state index in [4.69, 9.17) is 4.74 Å². The third-order valence-electron chi connectivity index (χ3n) is 3.21. The molecule has 0 spiro atoms. The molecule has 132 valence electrons. The van der Waals surface area contributed by atoms with Gasteiger partial charge in [-0.05, 0) is 17.7 Å². The van der Waals surface area contributed by atoms with Crippen LogP contribution in [-0.4, -0.2) is 18.1 Å². The maximum atomic E-state index is 12.0. The molecule has 0 aliphatic heterocycles. The highest BCUT2D eigenvalue weighted by Gasteiger charge is 2.30. The second-order valence-corrected chi connectivity index (χ2v) is 5.14. The molecule has 0 atom stereocenters. The number of alkyl halides is 3. The number of carbonyl (C=O) groups is 2. The Morgan fingerprint density at radius 1 is 0.880 bits per heavy atom. The van der Waals surface area contributed by atoms with Gasteiger partial charge in [-0.25, -0.2) is 0 Å². The van der Waals surface area contributed by atoms with E-state index in [0.717, 1.165) is 12.1 Å². The topological polar surface area (TPSA) is 52.6 Å². The Morgan fingerprint density at radius 3 is 2.12 bits per heavy atom. The Balaban J connectivity index is 1.75. The summed E-state index contributed by atoms with van der Waals surface area (Å²) in [6.07, 6.45) is -4.79. The van der Waals surface area contributed by atoms with Gasteiger partial charge in [-0.2, -0.15) is 0 Å². The van der Waals surface area contributed by atoms with Crippen LogP contribution < -0.4 is 4.74 Å². The van der Waals surface area contributed by atoms with Crippen LogP contribution in [0.5, 0.6) is 5.75 Å². The van der Waals surface area contributed by atoms with Crippen molar-refractivity contribution in [1.82, 2.24) is 0 Å². The number of hydrogen-bond donors (Lipinski definition) is 0. The molecule has 25 heavy (non-hydrogen) atoms. The number of esters is 1. The minimum Gasteiger partial charge on any atom is -0.461 e. The minimum atomic E-state index is -4.75. The SMILES string of the molecule is O=C(CCC(=O)c1ccccc1)OCc1ccc(OC(F)(F)F)cc1. The van der Waals surface area contributed by atoms with Crippen LogP contribution in [0, 0.1) is 0 Å². The van der Waals surface area contributed by atoms with Crippen LogP contribution in [0.1, 0.15) is 28.8 Å². The second-order valence-electron chi connectivity index (χ2n) is 5.14. The van der Waals surface area contributed by atoms with Crippen LogP contribution in [0.3, 0.4) is 0 Å². The van der Waals surface area contributed by atoms with Crippen molar-refractivity contribution < 1.29 is 32.2 Å². The molecule has 0 bridgehead atoms. The molecular weight excluding hydrogens is 337 g/mol. The van der Waals surface area contributed by atoms with Crippen LogP contribution in [0.15, 0.2) is 54.6 Å². The normalized spacial score (nSPS) is 11.0. The summed E-state index contributed by atoms with van der Waals surface area (Å²) in [7, 11) is 0. The number of halogens is 3. The lowest BCUT2D eigenvalue weighted by atomic mass is 10.1. The Labute approximate surface area is 142 Å². The Bertz CT molecular complexity index is 709. The highest BCUT2D eigenvalue weighted by molar-refractivity contribution is 5.97. The van der Waals surface area contributed by atoms with Crippen molar-refractivity contribution in [3.05, 3.63) is 65.7 Å². The number of carbonyl (C=O) groups excluding carboxylic acids is 2. The van der Waals surface area contributed by atoms with E-state index in [0.29, 0.717) is 11.1 Å². The number of Topliss-reactive ketones (excluding diaryl/α,β-unsaturated/α-hetero) is 1. The van der Waals surface area contributed by atoms with Gasteiger partial charge >= 0.3 is 12.3 Å². The van der Waals surface area contributed by atoms with Gasteiger partial charge in [0.2, 0.25) is 0 Å². The van der Waals surface area contributed by atoms with Crippen molar-refractivity contribution in [3.8, 4) is 5.75 Å². The van der Waals surface area contributed by atoms with Crippen molar-refractivity contribution in [2.45, 2.75) is 25.8 Å². The summed E-state index contributed by atoms with van der Waals surface area (Å²) in [4.78, 5) is 23.5. The largest absolute Gasteiger partial charge is 0.573 e. The van der Waals surface area contributed by atoms with Crippen molar-refractivity contribution in [1.29, 1.82) is 0 Å². The third-order valence-corrected chi connectivity index (χ3v) is 3.21. The number of ketones is 1. The van der Waals surface area contributed by atoms with E-state index in [-0.39, 0.29) is 31.0 Å². The standard InChI is InChI=1S/C18H15F3O4/c19-18(20,21)25-15-8-6-13(7-9-15)12-24-17(23)11-10-16(22)14-4-2-1-3-5-14/h1-9H,10-12H2. The van der Waals surface area contributed by atoms with E-state index in [9.17, 15) is 22.8 Å². The first-order valence-corrected chi connectivity index (χ1v) is 7.42. The molecule has 0 aliphatic carbocycles. The van der Waals surface area contributed by atoms with E-state index in [1.54, 1.807) is 30.3 Å². The molecule has 4 nitrogen and oxygen atoms in total. The van der Waals surface area contributed by atoms with E-state index < -0.39 is 12.3 Å². The van der Waals surface area contributed by atoms with Crippen molar-refractivity contribution >= 4 is 11.8 Å². The van der Waals surface area contributed by atoms with Crippen molar-refractivity contribution in [3.63, 3.8) is 0 Å². The zero-order chi connectivity index (χ0) is 18.3. The molecule has 2 rings (SSSR count). The maximum Gasteiger partial charge on any atom is 0.573 e. The first-order chi connectivity index (χ1) is 11.8. The quantitative estimate of drug-likeness (QED) is 0.551. The van der Waals surface area contributed by atoms with Crippen LogP contribution in [0.4, 0.5) is 13.2 Å². The summed E-state index contributed by atoms with van der Waals surface area (Å²) < 4.78 is 44.9. The molecule has 0 heterocycles. The summed E-state index contributed by atoms with van der Waals surface area (Å²) in [6, 6.07) is 13.6. The summed E-state index contributed by atoms with van der Waals surface area (Å²) in [5.41, 5.74) is 1.04. The van der Waals surface area contributed by atoms with Gasteiger partial charge in [-0.3, -0.25) is 9.59 Å². The molecule has 0 aromatic heterocycles. The highest BCUT2D eigenvalue weighted by Crippen LogP contribution is 2.22. The fourth-order valence-corrected chi connectivity index (χ4v) is 2.01. The molecule has 7 heteroatoms. The van der Waals surface area contributed by atoms with Crippen LogP contribution in [0.2, 0.25) is 0 Å². The number of ether oxygens (including phenoxy) is 2. The first kappa shape index (κ1) is 18.5. The predicted molar refractivity (Wildman–Crippen MR) is 82.9 cm³/mol. The Hall–Kier alpha value is -2.83. The monoisotopic (exact) mass is 352 g/mol. The lowest BCUT2D eigenvalue weighted by molar-refractivity contribution is -0.274. The summed E-state index contributed by atoms with van der Waals surface area (Å²) in [5.74, 6) is -1.07. The average Bonchev–Trinajstić information content (AvgIpc) is 2.58. The molecular formula is C18H15F3O4. The van der Waals surface area contributed by atoms with Gasteiger partial charge in [0.25, 0.3) is 0 Å². The fraction of sp³-hybridized carbons (Fsp3) is 0.222. The molecule has 0 saturated carbocycles. The number of benzene rings is 2. The molecule has 0 amide bonds. The summed E-state index contributed by atoms with van der Waals surface area (Å²) >= 11 is 0. The summed E-state index contributed by atoms with van der Waals surface area (Å²) in [5, 5.41) is 0. The van der Waals surface area contributed by atoms with E-state index in [1.807, 2.05) is 0 Å². The zero-order valence-electron chi connectivity index (χ0n) is 13.1. The molecule has 2 aromatic rings.